The molecular weight excluding hydrogens is 294 g/mol. The molecule has 0 radical (unpaired) electrons. The number of amides is 1. The molecule has 0 aromatic carbocycles. The van der Waals surface area contributed by atoms with Crippen LogP contribution in [0.25, 0.3) is 0 Å². The standard InChI is InChI=1S/C15H26ClNO4/c1-14(2,3)21-13(19)17-8-6-7-11(9-17)15(4,5)12(18)20-10-16/h11H,6-10H2,1-5H3. The zero-order valence-electron chi connectivity index (χ0n) is 13.6. The van der Waals surface area contributed by atoms with E-state index < -0.39 is 11.0 Å². The van der Waals surface area contributed by atoms with Crippen LogP contribution in [0.3, 0.4) is 0 Å². The van der Waals surface area contributed by atoms with Gasteiger partial charge in [0.1, 0.15) is 5.60 Å². The van der Waals surface area contributed by atoms with Crippen molar-refractivity contribution in [2.75, 3.05) is 19.2 Å². The number of esters is 1. The molecule has 1 aliphatic rings. The van der Waals surface area contributed by atoms with Gasteiger partial charge in [-0.3, -0.25) is 4.79 Å². The molecule has 1 fully saturated rings. The highest BCUT2D eigenvalue weighted by Gasteiger charge is 2.41. The van der Waals surface area contributed by atoms with E-state index in [1.807, 2.05) is 34.6 Å². The molecule has 0 aromatic heterocycles. The van der Waals surface area contributed by atoms with Crippen molar-refractivity contribution in [1.82, 2.24) is 4.90 Å². The van der Waals surface area contributed by atoms with Gasteiger partial charge in [0.15, 0.2) is 6.07 Å². The second kappa shape index (κ2) is 6.86. The Labute approximate surface area is 131 Å². The number of rotatable bonds is 3. The molecule has 1 amide bonds. The number of alkyl halides is 1. The number of piperidine rings is 1. The van der Waals surface area contributed by atoms with Crippen molar-refractivity contribution in [3.05, 3.63) is 0 Å². The average Bonchev–Trinajstić information content (AvgIpc) is 2.37. The van der Waals surface area contributed by atoms with Crippen LogP contribution in [0.2, 0.25) is 0 Å². The Kier molecular flexibility index (Phi) is 5.91. The Morgan fingerprint density at radius 1 is 1.24 bits per heavy atom. The van der Waals surface area contributed by atoms with E-state index in [1.165, 1.54) is 0 Å². The highest BCUT2D eigenvalue weighted by molar-refractivity contribution is 6.17. The van der Waals surface area contributed by atoms with Gasteiger partial charge >= 0.3 is 12.1 Å². The van der Waals surface area contributed by atoms with Crippen molar-refractivity contribution in [2.24, 2.45) is 11.3 Å². The minimum absolute atomic E-state index is 0.0366. The van der Waals surface area contributed by atoms with Crippen molar-refractivity contribution in [3.8, 4) is 0 Å². The first-order chi connectivity index (χ1) is 9.58. The molecule has 1 aliphatic heterocycles. The van der Waals surface area contributed by atoms with Gasteiger partial charge in [-0.25, -0.2) is 4.79 Å². The zero-order chi connectivity index (χ0) is 16.3. The quantitative estimate of drug-likeness (QED) is 0.591. The smallest absolute Gasteiger partial charge is 0.410 e. The fourth-order valence-corrected chi connectivity index (χ4v) is 2.56. The largest absolute Gasteiger partial charge is 0.449 e. The molecule has 1 unspecified atom stereocenters. The Morgan fingerprint density at radius 3 is 2.38 bits per heavy atom. The summed E-state index contributed by atoms with van der Waals surface area (Å²) in [6, 6.07) is -0.148. The van der Waals surface area contributed by atoms with Gasteiger partial charge in [0, 0.05) is 13.1 Å². The number of carbonyl (C=O) groups is 2. The summed E-state index contributed by atoms with van der Waals surface area (Å²) < 4.78 is 10.3. The number of hydrogen-bond acceptors (Lipinski definition) is 4. The summed E-state index contributed by atoms with van der Waals surface area (Å²) >= 11 is 5.47. The third-order valence-corrected chi connectivity index (χ3v) is 3.91. The molecule has 0 bridgehead atoms. The highest BCUT2D eigenvalue weighted by atomic mass is 35.5. The van der Waals surface area contributed by atoms with Gasteiger partial charge in [-0.05, 0) is 53.4 Å². The van der Waals surface area contributed by atoms with E-state index in [1.54, 1.807) is 4.90 Å². The van der Waals surface area contributed by atoms with Gasteiger partial charge in [-0.2, -0.15) is 0 Å². The molecule has 6 heteroatoms. The van der Waals surface area contributed by atoms with Gasteiger partial charge in [0.05, 0.1) is 5.41 Å². The average molecular weight is 320 g/mol. The number of likely N-dealkylation sites (tertiary alicyclic amines) is 1. The fourth-order valence-electron chi connectivity index (χ4n) is 2.46. The fraction of sp³-hybridized carbons (Fsp3) is 0.867. The van der Waals surface area contributed by atoms with Crippen LogP contribution in [0.4, 0.5) is 4.79 Å². The highest BCUT2D eigenvalue weighted by Crippen LogP contribution is 2.35. The second-order valence-electron chi connectivity index (χ2n) is 7.03. The second-order valence-corrected chi connectivity index (χ2v) is 7.25. The maximum atomic E-state index is 12.1. The molecule has 0 aliphatic carbocycles. The third-order valence-electron chi connectivity index (χ3n) is 3.81. The predicted molar refractivity (Wildman–Crippen MR) is 81.1 cm³/mol. The lowest BCUT2D eigenvalue weighted by atomic mass is 9.74. The lowest BCUT2D eigenvalue weighted by Crippen LogP contribution is -2.48. The van der Waals surface area contributed by atoms with E-state index >= 15 is 0 Å². The minimum atomic E-state index is -0.671. The van der Waals surface area contributed by atoms with Gasteiger partial charge < -0.3 is 14.4 Å². The number of hydrogen-bond donors (Lipinski definition) is 0. The Hall–Kier alpha value is -0.970. The van der Waals surface area contributed by atoms with Crippen molar-refractivity contribution in [3.63, 3.8) is 0 Å². The lowest BCUT2D eigenvalue weighted by molar-refractivity contribution is -0.156. The third kappa shape index (κ3) is 5.06. The van der Waals surface area contributed by atoms with Crippen LogP contribution in [0, 0.1) is 11.3 Å². The summed E-state index contributed by atoms with van der Waals surface area (Å²) in [6.45, 7) is 10.4. The maximum Gasteiger partial charge on any atom is 0.410 e. The van der Waals surface area contributed by atoms with Crippen LogP contribution in [0.1, 0.15) is 47.5 Å². The van der Waals surface area contributed by atoms with Crippen molar-refractivity contribution in [2.45, 2.75) is 53.1 Å². The van der Waals surface area contributed by atoms with Crippen molar-refractivity contribution >= 4 is 23.7 Å². The lowest BCUT2D eigenvalue weighted by Gasteiger charge is -2.40. The molecule has 0 aromatic rings. The SMILES string of the molecule is CC(C)(C)OC(=O)N1CCCC(C(C)(C)C(=O)OCCl)C1. The van der Waals surface area contributed by atoms with Crippen molar-refractivity contribution in [1.29, 1.82) is 0 Å². The summed E-state index contributed by atoms with van der Waals surface area (Å²) in [5.74, 6) is -0.289. The summed E-state index contributed by atoms with van der Waals surface area (Å²) in [7, 11) is 0. The van der Waals surface area contributed by atoms with E-state index in [0.717, 1.165) is 12.8 Å². The normalized spacial score (nSPS) is 20.1. The van der Waals surface area contributed by atoms with Crippen LogP contribution in [-0.2, 0) is 14.3 Å². The van der Waals surface area contributed by atoms with Gasteiger partial charge in [0.2, 0.25) is 0 Å². The summed E-state index contributed by atoms with van der Waals surface area (Å²) in [5.41, 5.74) is -1.19. The molecule has 122 valence electrons. The summed E-state index contributed by atoms with van der Waals surface area (Å²) in [5, 5.41) is 0. The predicted octanol–water partition coefficient (Wildman–Crippen LogP) is 3.40. The molecule has 5 nitrogen and oxygen atoms in total. The first-order valence-corrected chi connectivity index (χ1v) is 7.82. The Bertz CT molecular complexity index is 390. The molecule has 21 heavy (non-hydrogen) atoms. The molecule has 0 saturated carbocycles. The molecule has 0 N–H and O–H groups in total. The van der Waals surface area contributed by atoms with Gasteiger partial charge in [-0.15, -0.1) is 0 Å². The summed E-state index contributed by atoms with van der Waals surface area (Å²) in [6.07, 6.45) is 1.40. The van der Waals surface area contributed by atoms with Crippen LogP contribution in [0.5, 0.6) is 0 Å². The molecule has 1 atom stereocenters. The van der Waals surface area contributed by atoms with E-state index in [-0.39, 0.29) is 24.0 Å². The van der Waals surface area contributed by atoms with Gasteiger partial charge in [-0.1, -0.05) is 11.6 Å². The van der Waals surface area contributed by atoms with E-state index in [9.17, 15) is 9.59 Å². The first-order valence-electron chi connectivity index (χ1n) is 7.29. The van der Waals surface area contributed by atoms with E-state index in [2.05, 4.69) is 0 Å². The molecular formula is C15H26ClNO4. The van der Waals surface area contributed by atoms with Crippen molar-refractivity contribution < 1.29 is 19.1 Å². The minimum Gasteiger partial charge on any atom is -0.449 e. The number of carbonyl (C=O) groups excluding carboxylic acids is 2. The van der Waals surface area contributed by atoms with Crippen LogP contribution in [-0.4, -0.2) is 41.7 Å². The molecule has 1 rings (SSSR count). The van der Waals surface area contributed by atoms with Crippen LogP contribution >= 0.6 is 11.6 Å². The molecule has 1 heterocycles. The Morgan fingerprint density at radius 2 is 1.86 bits per heavy atom. The van der Waals surface area contributed by atoms with Crippen LogP contribution in [0.15, 0.2) is 0 Å². The van der Waals surface area contributed by atoms with Gasteiger partial charge in [0.25, 0.3) is 0 Å². The van der Waals surface area contributed by atoms with E-state index in [4.69, 9.17) is 21.1 Å². The topological polar surface area (TPSA) is 55.8 Å². The van der Waals surface area contributed by atoms with E-state index in [0.29, 0.717) is 13.1 Å². The zero-order valence-corrected chi connectivity index (χ0v) is 14.3. The molecule has 0 spiro atoms. The Balaban J connectivity index is 2.71. The molecule has 1 saturated heterocycles. The first kappa shape index (κ1) is 18.1. The maximum absolute atomic E-state index is 12.1. The van der Waals surface area contributed by atoms with Crippen LogP contribution < -0.4 is 0 Å². The number of ether oxygens (including phenoxy) is 2. The monoisotopic (exact) mass is 319 g/mol. The summed E-state index contributed by atoms with van der Waals surface area (Å²) in [4.78, 5) is 25.9. The number of nitrogens with zero attached hydrogens (tertiary/aromatic N) is 1. The number of halogens is 1.